The van der Waals surface area contributed by atoms with Gasteiger partial charge in [-0.2, -0.15) is 0 Å². The average Bonchev–Trinajstić information content (AvgIpc) is 2.46. The summed E-state index contributed by atoms with van der Waals surface area (Å²) in [5.74, 6) is -17.7. The summed E-state index contributed by atoms with van der Waals surface area (Å²) in [4.78, 5) is 0. The van der Waals surface area contributed by atoms with E-state index in [4.69, 9.17) is 5.73 Å². The highest BCUT2D eigenvalue weighted by Crippen LogP contribution is 2.37. The number of benzene rings is 2. The van der Waals surface area contributed by atoms with Gasteiger partial charge in [0.2, 0.25) is 5.82 Å². The van der Waals surface area contributed by atoms with Crippen LogP contribution in [0.2, 0.25) is 0 Å². The Balaban J connectivity index is 2.93. The normalized spacial score (nSPS) is 11.0. The summed E-state index contributed by atoms with van der Waals surface area (Å²) in [6.45, 7) is 0. The van der Waals surface area contributed by atoms with Crippen molar-refractivity contribution in [2.24, 2.45) is 0 Å². The number of rotatable bonds is 1. The Hall–Kier alpha value is -2.32. The minimum Gasteiger partial charge on any atom is -0.396 e. The molecule has 112 valence electrons. The van der Waals surface area contributed by atoms with Crippen LogP contribution >= 0.6 is 0 Å². The van der Waals surface area contributed by atoms with E-state index in [1.165, 1.54) is 0 Å². The van der Waals surface area contributed by atoms with E-state index in [1.54, 1.807) is 0 Å². The zero-order chi connectivity index (χ0) is 16.1. The van der Waals surface area contributed by atoms with E-state index in [2.05, 4.69) is 0 Å². The van der Waals surface area contributed by atoms with Crippen molar-refractivity contribution in [1.29, 1.82) is 0 Å². The molecule has 0 atom stereocenters. The van der Waals surface area contributed by atoms with Crippen molar-refractivity contribution in [3.63, 3.8) is 0 Å². The van der Waals surface area contributed by atoms with Crippen LogP contribution in [0, 0.1) is 46.5 Å². The molecular formula is C12H3F8N. The van der Waals surface area contributed by atoms with Crippen LogP contribution in [0.25, 0.3) is 11.1 Å². The molecule has 2 rings (SSSR count). The van der Waals surface area contributed by atoms with E-state index in [0.29, 0.717) is 0 Å². The third kappa shape index (κ3) is 2.08. The summed E-state index contributed by atoms with van der Waals surface area (Å²) in [7, 11) is 0. The Kier molecular flexibility index (Phi) is 3.52. The molecule has 0 fully saturated rings. The summed E-state index contributed by atoms with van der Waals surface area (Å²) in [6, 6.07) is 0.0338. The monoisotopic (exact) mass is 313 g/mol. The van der Waals surface area contributed by atoms with Crippen LogP contribution < -0.4 is 5.73 Å². The lowest BCUT2D eigenvalue weighted by molar-refractivity contribution is 0.381. The van der Waals surface area contributed by atoms with E-state index in [0.717, 1.165) is 0 Å². The van der Waals surface area contributed by atoms with Crippen molar-refractivity contribution in [1.82, 2.24) is 0 Å². The van der Waals surface area contributed by atoms with Crippen molar-refractivity contribution in [2.45, 2.75) is 0 Å². The molecular weight excluding hydrogens is 310 g/mol. The SMILES string of the molecule is Nc1c(-c2c(F)c(F)c(F)c(F)c2F)cc(F)c(F)c1F. The maximum atomic E-state index is 13.5. The zero-order valence-corrected chi connectivity index (χ0v) is 9.68. The van der Waals surface area contributed by atoms with Gasteiger partial charge in [0, 0.05) is 5.56 Å². The summed E-state index contributed by atoms with van der Waals surface area (Å²) in [6.07, 6.45) is 0. The van der Waals surface area contributed by atoms with Crippen molar-refractivity contribution < 1.29 is 35.1 Å². The van der Waals surface area contributed by atoms with Gasteiger partial charge >= 0.3 is 0 Å². The van der Waals surface area contributed by atoms with Gasteiger partial charge in [0.25, 0.3) is 0 Å². The van der Waals surface area contributed by atoms with Crippen LogP contribution in [-0.2, 0) is 0 Å². The van der Waals surface area contributed by atoms with E-state index in [9.17, 15) is 35.1 Å². The molecule has 2 N–H and O–H groups in total. The number of hydrogen-bond donors (Lipinski definition) is 1. The van der Waals surface area contributed by atoms with Gasteiger partial charge in [-0.15, -0.1) is 0 Å². The average molecular weight is 313 g/mol. The lowest BCUT2D eigenvalue weighted by Crippen LogP contribution is -2.07. The standard InChI is InChI=1S/C12H3F8N/c13-3-1-2(12(21)11(20)5(3)14)4-6(15)8(17)10(19)9(18)7(4)16/h1H,21H2. The lowest BCUT2D eigenvalue weighted by atomic mass is 10.0. The van der Waals surface area contributed by atoms with E-state index < -0.39 is 63.4 Å². The van der Waals surface area contributed by atoms with Crippen LogP contribution in [0.4, 0.5) is 40.8 Å². The number of nitrogen functional groups attached to an aromatic ring is 1. The highest BCUT2D eigenvalue weighted by molar-refractivity contribution is 5.77. The van der Waals surface area contributed by atoms with E-state index >= 15 is 0 Å². The topological polar surface area (TPSA) is 26.0 Å². The molecule has 0 amide bonds. The predicted octanol–water partition coefficient (Wildman–Crippen LogP) is 4.05. The van der Waals surface area contributed by atoms with E-state index in [-0.39, 0.29) is 6.07 Å². The first-order valence-electron chi connectivity index (χ1n) is 5.13. The smallest absolute Gasteiger partial charge is 0.200 e. The third-order valence-corrected chi connectivity index (χ3v) is 2.68. The third-order valence-electron chi connectivity index (χ3n) is 2.68. The quantitative estimate of drug-likeness (QED) is 0.365. The molecule has 0 aliphatic carbocycles. The van der Waals surface area contributed by atoms with Gasteiger partial charge in [0.1, 0.15) is 0 Å². The first-order valence-corrected chi connectivity index (χ1v) is 5.13. The highest BCUT2D eigenvalue weighted by Gasteiger charge is 2.29. The van der Waals surface area contributed by atoms with Gasteiger partial charge in [0.05, 0.1) is 11.3 Å². The Morgan fingerprint density at radius 1 is 0.571 bits per heavy atom. The summed E-state index contributed by atoms with van der Waals surface area (Å²) in [5.41, 5.74) is 0.866. The van der Waals surface area contributed by atoms with E-state index in [1.807, 2.05) is 0 Å². The second-order valence-electron chi connectivity index (χ2n) is 3.89. The Labute approximate surface area is 111 Å². The fraction of sp³-hybridized carbons (Fsp3) is 0. The number of nitrogens with two attached hydrogens (primary N) is 1. The van der Waals surface area contributed by atoms with Crippen LogP contribution in [0.5, 0.6) is 0 Å². The summed E-state index contributed by atoms with van der Waals surface area (Å²) >= 11 is 0. The van der Waals surface area contributed by atoms with Crippen molar-refractivity contribution in [3.8, 4) is 11.1 Å². The zero-order valence-electron chi connectivity index (χ0n) is 9.68. The van der Waals surface area contributed by atoms with Crippen LogP contribution in [0.15, 0.2) is 6.07 Å². The van der Waals surface area contributed by atoms with Crippen molar-refractivity contribution in [3.05, 3.63) is 52.6 Å². The Bertz CT molecular complexity index is 727. The largest absolute Gasteiger partial charge is 0.396 e. The van der Waals surface area contributed by atoms with Gasteiger partial charge < -0.3 is 5.73 Å². The highest BCUT2D eigenvalue weighted by atomic mass is 19.2. The molecule has 0 radical (unpaired) electrons. The molecule has 9 heteroatoms. The Morgan fingerprint density at radius 3 is 1.48 bits per heavy atom. The fourth-order valence-corrected chi connectivity index (χ4v) is 1.66. The molecule has 0 heterocycles. The minimum atomic E-state index is -2.45. The number of anilines is 1. The first-order chi connectivity index (χ1) is 9.68. The van der Waals surface area contributed by atoms with Crippen LogP contribution in [0.1, 0.15) is 0 Å². The molecule has 2 aromatic carbocycles. The van der Waals surface area contributed by atoms with Gasteiger partial charge in [-0.3, -0.25) is 0 Å². The minimum absolute atomic E-state index is 0.0338. The molecule has 1 nitrogen and oxygen atoms in total. The lowest BCUT2D eigenvalue weighted by Gasteiger charge is -2.12. The molecule has 0 spiro atoms. The second kappa shape index (κ2) is 4.90. The molecule has 2 aromatic rings. The maximum absolute atomic E-state index is 13.5. The van der Waals surface area contributed by atoms with Gasteiger partial charge in [-0.1, -0.05) is 0 Å². The molecule has 0 saturated carbocycles. The van der Waals surface area contributed by atoms with Crippen molar-refractivity contribution >= 4 is 5.69 Å². The Morgan fingerprint density at radius 2 is 1.00 bits per heavy atom. The van der Waals surface area contributed by atoms with Crippen molar-refractivity contribution in [2.75, 3.05) is 5.73 Å². The van der Waals surface area contributed by atoms with Gasteiger partial charge in [-0.25, -0.2) is 35.1 Å². The molecule has 0 aliphatic rings. The second-order valence-corrected chi connectivity index (χ2v) is 3.89. The first kappa shape index (κ1) is 15.1. The maximum Gasteiger partial charge on any atom is 0.200 e. The van der Waals surface area contributed by atoms with Crippen LogP contribution in [-0.4, -0.2) is 0 Å². The molecule has 21 heavy (non-hydrogen) atoms. The van der Waals surface area contributed by atoms with Crippen LogP contribution in [0.3, 0.4) is 0 Å². The molecule has 0 saturated heterocycles. The number of hydrogen-bond acceptors (Lipinski definition) is 1. The summed E-state index contributed by atoms with van der Waals surface area (Å²) < 4.78 is 105. The number of halogens is 8. The van der Waals surface area contributed by atoms with Gasteiger partial charge in [-0.05, 0) is 6.07 Å². The molecule has 0 aromatic heterocycles. The fourth-order valence-electron chi connectivity index (χ4n) is 1.66. The molecule has 0 unspecified atom stereocenters. The van der Waals surface area contributed by atoms with Gasteiger partial charge in [0.15, 0.2) is 40.7 Å². The molecule has 0 bridgehead atoms. The molecule has 0 aliphatic heterocycles. The predicted molar refractivity (Wildman–Crippen MR) is 56.0 cm³/mol. The summed E-state index contributed by atoms with van der Waals surface area (Å²) in [5, 5.41) is 0.